The van der Waals surface area contributed by atoms with Crippen LogP contribution in [0.25, 0.3) is 10.9 Å². The Morgan fingerprint density at radius 3 is 2.67 bits per heavy atom. The van der Waals surface area contributed by atoms with Crippen molar-refractivity contribution in [2.24, 2.45) is 0 Å². The van der Waals surface area contributed by atoms with Crippen LogP contribution in [0.5, 0.6) is 0 Å². The van der Waals surface area contributed by atoms with E-state index in [0.717, 1.165) is 5.52 Å². The molecule has 0 amide bonds. The molecular formula is C10H14N2. The first-order valence-electron chi connectivity index (χ1n) is 4.26. The molecule has 64 valence electrons. The molecule has 12 heavy (non-hydrogen) atoms. The van der Waals surface area contributed by atoms with Crippen LogP contribution in [0.3, 0.4) is 0 Å². The van der Waals surface area contributed by atoms with E-state index < -0.39 is 0 Å². The van der Waals surface area contributed by atoms with Gasteiger partial charge in [-0.25, -0.2) is 0 Å². The van der Waals surface area contributed by atoms with Crippen molar-refractivity contribution in [3.63, 3.8) is 0 Å². The second kappa shape index (κ2) is 3.90. The molecule has 2 aromatic rings. The van der Waals surface area contributed by atoms with Crippen LogP contribution in [0.1, 0.15) is 19.4 Å². The highest BCUT2D eigenvalue weighted by atomic mass is 15.1. The summed E-state index contributed by atoms with van der Waals surface area (Å²) in [5, 5.41) is 8.06. The van der Waals surface area contributed by atoms with Gasteiger partial charge in [-0.05, 0) is 18.6 Å². The molecule has 1 N–H and O–H groups in total. The van der Waals surface area contributed by atoms with Gasteiger partial charge < -0.3 is 0 Å². The standard InChI is InChI=1S/C8H8N2.C2H6/c1-6-3-2-4-8-7(6)5-9-10-8;1-2/h2-5H,1H3,(H,9,10);1-2H3. The van der Waals surface area contributed by atoms with Gasteiger partial charge in [0, 0.05) is 5.39 Å². The van der Waals surface area contributed by atoms with Gasteiger partial charge in [-0.15, -0.1) is 0 Å². The van der Waals surface area contributed by atoms with E-state index >= 15 is 0 Å². The number of nitrogens with zero attached hydrogens (tertiary/aromatic N) is 1. The Morgan fingerprint density at radius 1 is 1.25 bits per heavy atom. The van der Waals surface area contributed by atoms with Crippen molar-refractivity contribution in [3.05, 3.63) is 30.0 Å². The zero-order valence-corrected chi connectivity index (χ0v) is 7.76. The molecule has 0 aliphatic carbocycles. The summed E-state index contributed by atoms with van der Waals surface area (Å²) in [6.45, 7) is 6.08. The van der Waals surface area contributed by atoms with E-state index in [4.69, 9.17) is 0 Å². The summed E-state index contributed by atoms with van der Waals surface area (Å²) in [7, 11) is 0. The van der Waals surface area contributed by atoms with Crippen LogP contribution in [0.4, 0.5) is 0 Å². The SMILES string of the molecule is CC.Cc1cccc2[nH]ncc12. The van der Waals surface area contributed by atoms with Crippen LogP contribution < -0.4 is 0 Å². The number of H-pyrrole nitrogens is 1. The lowest BCUT2D eigenvalue weighted by Crippen LogP contribution is -1.71. The highest BCUT2D eigenvalue weighted by molar-refractivity contribution is 5.81. The molecule has 0 radical (unpaired) electrons. The summed E-state index contributed by atoms with van der Waals surface area (Å²) in [5.74, 6) is 0. The maximum Gasteiger partial charge on any atom is 0.0652 e. The number of nitrogens with one attached hydrogen (secondary N) is 1. The lowest BCUT2D eigenvalue weighted by atomic mass is 10.2. The van der Waals surface area contributed by atoms with Crippen molar-refractivity contribution in [2.75, 3.05) is 0 Å². The van der Waals surface area contributed by atoms with Crippen molar-refractivity contribution in [1.29, 1.82) is 0 Å². The molecule has 1 heterocycles. The predicted octanol–water partition coefficient (Wildman–Crippen LogP) is 2.90. The average molecular weight is 162 g/mol. The molecule has 0 spiro atoms. The van der Waals surface area contributed by atoms with Gasteiger partial charge in [0.2, 0.25) is 0 Å². The molecule has 2 heteroatoms. The number of hydrogen-bond acceptors (Lipinski definition) is 1. The molecule has 0 fully saturated rings. The van der Waals surface area contributed by atoms with E-state index in [0.29, 0.717) is 0 Å². The topological polar surface area (TPSA) is 28.7 Å². The molecule has 0 saturated carbocycles. The Hall–Kier alpha value is -1.31. The minimum absolute atomic E-state index is 1.11. The summed E-state index contributed by atoms with van der Waals surface area (Å²) in [6, 6.07) is 6.13. The van der Waals surface area contributed by atoms with Gasteiger partial charge in [-0.1, -0.05) is 26.0 Å². The van der Waals surface area contributed by atoms with Crippen LogP contribution >= 0.6 is 0 Å². The Bertz CT molecular complexity index is 349. The monoisotopic (exact) mass is 162 g/mol. The van der Waals surface area contributed by atoms with Gasteiger partial charge >= 0.3 is 0 Å². The number of benzene rings is 1. The predicted molar refractivity (Wildman–Crippen MR) is 52.2 cm³/mol. The van der Waals surface area contributed by atoms with Crippen molar-refractivity contribution in [2.45, 2.75) is 20.8 Å². The average Bonchev–Trinajstić information content (AvgIpc) is 2.57. The molecule has 0 unspecified atom stereocenters. The fourth-order valence-corrected chi connectivity index (χ4v) is 1.12. The third-order valence-electron chi connectivity index (χ3n) is 1.70. The lowest BCUT2D eigenvalue weighted by Gasteiger charge is -1.90. The number of aromatic nitrogens is 2. The quantitative estimate of drug-likeness (QED) is 0.634. The third kappa shape index (κ3) is 1.47. The first-order chi connectivity index (χ1) is 5.88. The molecule has 0 saturated heterocycles. The van der Waals surface area contributed by atoms with Crippen LogP contribution in [-0.2, 0) is 0 Å². The fourth-order valence-electron chi connectivity index (χ4n) is 1.12. The van der Waals surface area contributed by atoms with Crippen molar-refractivity contribution in [1.82, 2.24) is 10.2 Å². The van der Waals surface area contributed by atoms with Crippen LogP contribution in [0, 0.1) is 6.92 Å². The summed E-state index contributed by atoms with van der Waals surface area (Å²) in [4.78, 5) is 0. The van der Waals surface area contributed by atoms with E-state index in [-0.39, 0.29) is 0 Å². The number of rotatable bonds is 0. The molecule has 0 aliphatic rings. The largest absolute Gasteiger partial charge is 0.278 e. The van der Waals surface area contributed by atoms with Gasteiger partial charge in [0.15, 0.2) is 0 Å². The Balaban J connectivity index is 0.000000336. The van der Waals surface area contributed by atoms with Gasteiger partial charge in [0.25, 0.3) is 0 Å². The van der Waals surface area contributed by atoms with Gasteiger partial charge in [0.05, 0.1) is 11.7 Å². The summed E-state index contributed by atoms with van der Waals surface area (Å²) in [5.41, 5.74) is 2.38. The Kier molecular flexibility index (Phi) is 2.86. The normalized spacial score (nSPS) is 9.25. The van der Waals surface area contributed by atoms with E-state index in [1.165, 1.54) is 10.9 Å². The number of fused-ring (bicyclic) bond motifs is 1. The number of aryl methyl sites for hydroxylation is 1. The van der Waals surface area contributed by atoms with E-state index in [9.17, 15) is 0 Å². The van der Waals surface area contributed by atoms with Gasteiger partial charge in [0.1, 0.15) is 0 Å². The zero-order valence-electron chi connectivity index (χ0n) is 7.76. The van der Waals surface area contributed by atoms with Crippen LogP contribution in [-0.4, -0.2) is 10.2 Å². The molecule has 0 bridgehead atoms. The summed E-state index contributed by atoms with van der Waals surface area (Å²) >= 11 is 0. The van der Waals surface area contributed by atoms with E-state index in [1.54, 1.807) is 0 Å². The van der Waals surface area contributed by atoms with Crippen molar-refractivity contribution >= 4 is 10.9 Å². The van der Waals surface area contributed by atoms with Gasteiger partial charge in [-0.2, -0.15) is 5.10 Å². The Labute approximate surface area is 72.6 Å². The fraction of sp³-hybridized carbons (Fsp3) is 0.300. The van der Waals surface area contributed by atoms with Crippen molar-refractivity contribution in [3.8, 4) is 0 Å². The summed E-state index contributed by atoms with van der Waals surface area (Å²) < 4.78 is 0. The second-order valence-electron chi connectivity index (χ2n) is 2.41. The molecule has 0 aliphatic heterocycles. The highest BCUT2D eigenvalue weighted by Crippen LogP contribution is 2.13. The highest BCUT2D eigenvalue weighted by Gasteiger charge is 1.94. The Morgan fingerprint density at radius 2 is 2.00 bits per heavy atom. The maximum atomic E-state index is 3.94. The first-order valence-corrected chi connectivity index (χ1v) is 4.26. The molecule has 1 aromatic carbocycles. The smallest absolute Gasteiger partial charge is 0.0652 e. The van der Waals surface area contributed by atoms with E-state index in [1.807, 2.05) is 32.2 Å². The van der Waals surface area contributed by atoms with E-state index in [2.05, 4.69) is 23.2 Å². The minimum Gasteiger partial charge on any atom is -0.278 e. The third-order valence-corrected chi connectivity index (χ3v) is 1.70. The molecule has 1 aromatic heterocycles. The molecule has 2 nitrogen and oxygen atoms in total. The molecular weight excluding hydrogens is 148 g/mol. The lowest BCUT2D eigenvalue weighted by molar-refractivity contribution is 1.12. The van der Waals surface area contributed by atoms with Crippen LogP contribution in [0.15, 0.2) is 24.4 Å². The van der Waals surface area contributed by atoms with Gasteiger partial charge in [-0.3, -0.25) is 5.10 Å². The maximum absolute atomic E-state index is 3.94. The minimum atomic E-state index is 1.11. The summed E-state index contributed by atoms with van der Waals surface area (Å²) in [6.07, 6.45) is 1.85. The molecule has 0 atom stereocenters. The zero-order chi connectivity index (χ0) is 8.97. The van der Waals surface area contributed by atoms with Crippen LogP contribution in [0.2, 0.25) is 0 Å². The first kappa shape index (κ1) is 8.78. The van der Waals surface area contributed by atoms with Crippen molar-refractivity contribution < 1.29 is 0 Å². The number of aromatic amines is 1. The number of hydrogen-bond donors (Lipinski definition) is 1. The molecule has 2 rings (SSSR count). The second-order valence-corrected chi connectivity index (χ2v) is 2.41.